The van der Waals surface area contributed by atoms with Crippen LogP contribution in [0.15, 0.2) is 138 Å². The van der Waals surface area contributed by atoms with Gasteiger partial charge in [-0.3, -0.25) is 14.4 Å². The molecule has 2 bridgehead atoms. The fraction of sp³-hybridized carbons (Fsp3) is 0.103. The molecule has 8 rings (SSSR count). The summed E-state index contributed by atoms with van der Waals surface area (Å²) < 4.78 is 0.820. The predicted molar refractivity (Wildman–Crippen MR) is 185 cm³/mol. The molecule has 2 aliphatic carbocycles. The summed E-state index contributed by atoms with van der Waals surface area (Å²) in [5.41, 5.74) is 1.76. The van der Waals surface area contributed by atoms with Gasteiger partial charge in [0.05, 0.1) is 28.4 Å². The molecule has 7 heteroatoms. The highest BCUT2D eigenvalue weighted by molar-refractivity contribution is 9.10. The van der Waals surface area contributed by atoms with E-state index in [1.54, 1.807) is 48.5 Å². The highest BCUT2D eigenvalue weighted by atomic mass is 79.9. The number of imide groups is 1. The minimum absolute atomic E-state index is 0.200. The fourth-order valence-corrected chi connectivity index (χ4v) is 8.72. The first-order valence-electron chi connectivity index (χ1n) is 14.9. The first-order valence-corrected chi connectivity index (χ1v) is 16.4. The Morgan fingerprint density at radius 1 is 0.522 bits per heavy atom. The van der Waals surface area contributed by atoms with Gasteiger partial charge >= 0.3 is 0 Å². The SMILES string of the molecule is O=C1[C@@H]2[C@H](C(=O)N1c1ccc(Br)cc1)[C@@]1(c3ccc(Cl)cc3)C(=O)[C@@]2(c2ccc(Cl)cc2)C(c2ccccc2)=C1c1ccccc1. The quantitative estimate of drug-likeness (QED) is 0.172. The van der Waals surface area contributed by atoms with E-state index in [9.17, 15) is 9.59 Å². The van der Waals surface area contributed by atoms with Gasteiger partial charge in [-0.05, 0) is 81.9 Å². The number of anilines is 1. The highest BCUT2D eigenvalue weighted by Gasteiger charge is 2.82. The average molecular weight is 705 g/mol. The lowest BCUT2D eigenvalue weighted by atomic mass is 9.59. The molecule has 3 aliphatic rings. The van der Waals surface area contributed by atoms with Crippen LogP contribution >= 0.6 is 39.1 Å². The number of amides is 2. The van der Waals surface area contributed by atoms with Crippen LogP contribution in [0.5, 0.6) is 0 Å². The number of fused-ring (bicyclic) bond motifs is 5. The number of carbonyl (C=O) groups excluding carboxylic acids is 3. The zero-order chi connectivity index (χ0) is 31.8. The highest BCUT2D eigenvalue weighted by Crippen LogP contribution is 2.74. The number of hydrogen-bond acceptors (Lipinski definition) is 3. The summed E-state index contributed by atoms with van der Waals surface area (Å²) in [6, 6.07) is 40.8. The number of hydrogen-bond donors (Lipinski definition) is 0. The van der Waals surface area contributed by atoms with Crippen molar-refractivity contribution in [2.24, 2.45) is 11.8 Å². The molecule has 1 saturated carbocycles. The molecule has 2 fully saturated rings. The molecule has 2 amide bonds. The maximum atomic E-state index is 15.9. The van der Waals surface area contributed by atoms with Gasteiger partial charge in [-0.2, -0.15) is 0 Å². The van der Waals surface area contributed by atoms with Crippen LogP contribution in [0.2, 0.25) is 10.0 Å². The summed E-state index contributed by atoms with van der Waals surface area (Å²) >= 11 is 16.3. The lowest BCUT2D eigenvalue weighted by molar-refractivity contribution is -0.130. The van der Waals surface area contributed by atoms with Crippen LogP contribution in [-0.4, -0.2) is 17.6 Å². The molecule has 0 radical (unpaired) electrons. The molecule has 0 unspecified atom stereocenters. The van der Waals surface area contributed by atoms with E-state index in [1.165, 1.54) is 4.90 Å². The second-order valence-electron chi connectivity index (χ2n) is 11.9. The van der Waals surface area contributed by atoms with Gasteiger partial charge in [-0.25, -0.2) is 4.90 Å². The van der Waals surface area contributed by atoms with Crippen molar-refractivity contribution in [1.29, 1.82) is 0 Å². The van der Waals surface area contributed by atoms with Gasteiger partial charge in [0.25, 0.3) is 0 Å². The molecule has 0 spiro atoms. The van der Waals surface area contributed by atoms with E-state index in [1.807, 2.05) is 84.9 Å². The Balaban J connectivity index is 1.56. The van der Waals surface area contributed by atoms with Gasteiger partial charge in [0.15, 0.2) is 5.78 Å². The molecular formula is C39H24BrCl2NO3. The van der Waals surface area contributed by atoms with Crippen LogP contribution < -0.4 is 4.90 Å². The molecule has 224 valence electrons. The Kier molecular flexibility index (Phi) is 6.73. The average Bonchev–Trinajstić information content (AvgIpc) is 3.58. The number of ketones is 1. The number of halogens is 3. The molecule has 1 heterocycles. The van der Waals surface area contributed by atoms with Crippen LogP contribution in [0.1, 0.15) is 22.3 Å². The molecule has 5 aromatic rings. The maximum Gasteiger partial charge on any atom is 0.239 e. The summed E-state index contributed by atoms with van der Waals surface area (Å²) in [7, 11) is 0. The molecule has 4 nitrogen and oxygen atoms in total. The van der Waals surface area contributed by atoms with Crippen molar-refractivity contribution in [2.75, 3.05) is 4.90 Å². The number of rotatable bonds is 5. The van der Waals surface area contributed by atoms with E-state index in [-0.39, 0.29) is 5.78 Å². The van der Waals surface area contributed by atoms with Gasteiger partial charge in [-0.15, -0.1) is 0 Å². The Morgan fingerprint density at radius 3 is 1.30 bits per heavy atom. The van der Waals surface area contributed by atoms with E-state index >= 15 is 4.79 Å². The lowest BCUT2D eigenvalue weighted by Crippen LogP contribution is -2.45. The van der Waals surface area contributed by atoms with Gasteiger partial charge in [0.2, 0.25) is 11.8 Å². The van der Waals surface area contributed by atoms with E-state index < -0.39 is 34.5 Å². The number of allylic oxidation sites excluding steroid dienone is 2. The molecule has 4 atom stereocenters. The van der Waals surface area contributed by atoms with E-state index in [0.717, 1.165) is 26.7 Å². The second kappa shape index (κ2) is 10.6. The molecule has 5 aromatic carbocycles. The third kappa shape index (κ3) is 3.77. The molecule has 1 aliphatic heterocycles. The van der Waals surface area contributed by atoms with Crippen molar-refractivity contribution < 1.29 is 14.4 Å². The van der Waals surface area contributed by atoms with Crippen molar-refractivity contribution in [1.82, 2.24) is 0 Å². The van der Waals surface area contributed by atoms with E-state index in [0.29, 0.717) is 26.9 Å². The van der Waals surface area contributed by atoms with Gasteiger partial charge in [0.1, 0.15) is 0 Å². The van der Waals surface area contributed by atoms with Crippen molar-refractivity contribution in [3.63, 3.8) is 0 Å². The minimum atomic E-state index is -1.50. The zero-order valence-electron chi connectivity index (χ0n) is 24.2. The largest absolute Gasteiger partial charge is 0.297 e. The Bertz CT molecular complexity index is 1950. The number of Topliss-reactive ketones (excluding diaryl/α,β-unsaturated/α-hetero) is 1. The van der Waals surface area contributed by atoms with Crippen molar-refractivity contribution in [3.05, 3.63) is 170 Å². The van der Waals surface area contributed by atoms with Crippen LogP contribution in [0.25, 0.3) is 11.1 Å². The second-order valence-corrected chi connectivity index (χ2v) is 13.7. The standard InChI is InChI=1S/C39H24BrCl2NO3/c40-27-15-21-30(22-16-27)43-35(44)33-34(36(43)45)39(26-13-19-29(42)20-14-26)32(24-9-5-2-6-10-24)31(23-7-3-1-4-8-23)38(33,37(39)46)25-11-17-28(41)18-12-25/h1-22,33-34H/t33-,34+,38-,39-/m0/s1. The Morgan fingerprint density at radius 2 is 0.913 bits per heavy atom. The normalized spacial score (nSPS) is 25.0. The summed E-state index contributed by atoms with van der Waals surface area (Å²) in [5, 5.41) is 1.01. The third-order valence-corrected chi connectivity index (χ3v) is 10.8. The smallest absolute Gasteiger partial charge is 0.239 e. The number of carbonyl (C=O) groups is 3. The first-order chi connectivity index (χ1) is 22.3. The van der Waals surface area contributed by atoms with Crippen molar-refractivity contribution in [3.8, 4) is 0 Å². The van der Waals surface area contributed by atoms with Crippen molar-refractivity contribution >= 4 is 73.6 Å². The first kappa shape index (κ1) is 29.1. The van der Waals surface area contributed by atoms with Crippen LogP contribution in [0.3, 0.4) is 0 Å². The van der Waals surface area contributed by atoms with Crippen LogP contribution in [-0.2, 0) is 25.2 Å². The van der Waals surface area contributed by atoms with Gasteiger partial charge < -0.3 is 0 Å². The molecule has 0 N–H and O–H groups in total. The van der Waals surface area contributed by atoms with Crippen LogP contribution in [0.4, 0.5) is 5.69 Å². The monoisotopic (exact) mass is 703 g/mol. The topological polar surface area (TPSA) is 54.5 Å². The van der Waals surface area contributed by atoms with Gasteiger partial charge in [0, 0.05) is 14.5 Å². The number of nitrogens with zero attached hydrogens (tertiary/aromatic N) is 1. The lowest BCUT2D eigenvalue weighted by Gasteiger charge is -2.39. The van der Waals surface area contributed by atoms with Crippen LogP contribution in [0, 0.1) is 11.8 Å². The zero-order valence-corrected chi connectivity index (χ0v) is 27.3. The summed E-state index contributed by atoms with van der Waals surface area (Å²) in [6.45, 7) is 0. The van der Waals surface area contributed by atoms with E-state index in [2.05, 4.69) is 15.9 Å². The predicted octanol–water partition coefficient (Wildman–Crippen LogP) is 8.94. The minimum Gasteiger partial charge on any atom is -0.297 e. The van der Waals surface area contributed by atoms with E-state index in [4.69, 9.17) is 23.2 Å². The number of benzene rings is 5. The third-order valence-electron chi connectivity index (χ3n) is 9.80. The fourth-order valence-electron chi connectivity index (χ4n) is 8.20. The Hall–Kier alpha value is -4.29. The molecule has 0 aromatic heterocycles. The van der Waals surface area contributed by atoms with Gasteiger partial charge in [-0.1, -0.05) is 124 Å². The van der Waals surface area contributed by atoms with Crippen molar-refractivity contribution in [2.45, 2.75) is 10.8 Å². The summed E-state index contributed by atoms with van der Waals surface area (Å²) in [5.74, 6) is -3.05. The maximum absolute atomic E-state index is 15.9. The molecule has 1 saturated heterocycles. The summed E-state index contributed by atoms with van der Waals surface area (Å²) in [4.78, 5) is 47.1. The molecular weight excluding hydrogens is 681 g/mol. The molecule has 46 heavy (non-hydrogen) atoms. The Labute approximate surface area is 284 Å². The summed E-state index contributed by atoms with van der Waals surface area (Å²) in [6.07, 6.45) is 0.